The summed E-state index contributed by atoms with van der Waals surface area (Å²) in [5, 5.41) is 1.78. The van der Waals surface area contributed by atoms with Gasteiger partial charge in [-0.15, -0.1) is 0 Å². The maximum absolute atomic E-state index is 13.0. The van der Waals surface area contributed by atoms with E-state index >= 15 is 0 Å². The summed E-state index contributed by atoms with van der Waals surface area (Å²) < 4.78 is 27.7. The van der Waals surface area contributed by atoms with Crippen LogP contribution in [0.1, 0.15) is 20.3 Å². The molecular weight excluding hydrogens is 282 g/mol. The molecule has 0 spiro atoms. The van der Waals surface area contributed by atoms with Gasteiger partial charge in [0.1, 0.15) is 0 Å². The summed E-state index contributed by atoms with van der Waals surface area (Å²) in [5.74, 6) is 0.831. The van der Waals surface area contributed by atoms with Gasteiger partial charge in [-0.25, -0.2) is 8.42 Å². The van der Waals surface area contributed by atoms with Crippen LogP contribution in [0.4, 0.5) is 0 Å². The van der Waals surface area contributed by atoms with Gasteiger partial charge in [0, 0.05) is 18.5 Å². The zero-order chi connectivity index (χ0) is 15.0. The molecule has 0 aliphatic carbocycles. The highest BCUT2D eigenvalue weighted by molar-refractivity contribution is 7.89. The lowest BCUT2D eigenvalue weighted by Gasteiger charge is -2.34. The molecule has 0 amide bonds. The normalized spacial score (nSPS) is 24.3. The Morgan fingerprint density at radius 1 is 0.952 bits per heavy atom. The fourth-order valence-corrected chi connectivity index (χ4v) is 5.26. The third kappa shape index (κ3) is 2.70. The first-order valence-corrected chi connectivity index (χ1v) is 8.90. The van der Waals surface area contributed by atoms with E-state index in [1.807, 2.05) is 36.4 Å². The molecule has 1 aliphatic heterocycles. The molecule has 0 aromatic heterocycles. The SMILES string of the molecule is CC1CC(C)CN(S(=O)(=O)c2cccc3ccccc23)C1. The molecule has 0 radical (unpaired) electrons. The van der Waals surface area contributed by atoms with Crippen LogP contribution in [0.3, 0.4) is 0 Å². The standard InChI is InChI=1S/C17H21NO2S/c1-13-10-14(2)12-18(11-13)21(19,20)17-9-5-7-15-6-3-4-8-16(15)17/h3-9,13-14H,10-12H2,1-2H3. The zero-order valence-corrected chi connectivity index (χ0v) is 13.3. The van der Waals surface area contributed by atoms with Crippen molar-refractivity contribution in [2.75, 3.05) is 13.1 Å². The predicted octanol–water partition coefficient (Wildman–Crippen LogP) is 3.51. The second-order valence-electron chi connectivity index (χ2n) is 6.25. The van der Waals surface area contributed by atoms with Crippen LogP contribution in [0.25, 0.3) is 10.8 Å². The molecular formula is C17H21NO2S. The molecule has 3 rings (SSSR count). The van der Waals surface area contributed by atoms with Gasteiger partial charge in [-0.05, 0) is 29.7 Å². The van der Waals surface area contributed by atoms with E-state index in [0.29, 0.717) is 29.8 Å². The number of piperidine rings is 1. The minimum Gasteiger partial charge on any atom is -0.207 e. The Morgan fingerprint density at radius 2 is 1.57 bits per heavy atom. The number of rotatable bonds is 2. The molecule has 2 unspecified atom stereocenters. The average molecular weight is 303 g/mol. The van der Waals surface area contributed by atoms with E-state index in [1.165, 1.54) is 0 Å². The van der Waals surface area contributed by atoms with Crippen LogP contribution < -0.4 is 0 Å². The smallest absolute Gasteiger partial charge is 0.207 e. The van der Waals surface area contributed by atoms with Gasteiger partial charge in [0.25, 0.3) is 0 Å². The summed E-state index contributed by atoms with van der Waals surface area (Å²) in [4.78, 5) is 0.432. The lowest BCUT2D eigenvalue weighted by atomic mass is 9.94. The Bertz CT molecular complexity index is 739. The van der Waals surface area contributed by atoms with Crippen molar-refractivity contribution in [3.63, 3.8) is 0 Å². The van der Waals surface area contributed by atoms with Crippen LogP contribution in [-0.4, -0.2) is 25.8 Å². The van der Waals surface area contributed by atoms with Crippen molar-refractivity contribution in [1.82, 2.24) is 4.31 Å². The highest BCUT2D eigenvalue weighted by Gasteiger charge is 2.32. The Morgan fingerprint density at radius 3 is 2.29 bits per heavy atom. The number of hydrogen-bond donors (Lipinski definition) is 0. The molecule has 112 valence electrons. The van der Waals surface area contributed by atoms with Crippen molar-refractivity contribution in [1.29, 1.82) is 0 Å². The van der Waals surface area contributed by atoms with Gasteiger partial charge in [-0.2, -0.15) is 4.31 Å². The summed E-state index contributed by atoms with van der Waals surface area (Å²) in [5.41, 5.74) is 0. The molecule has 21 heavy (non-hydrogen) atoms. The van der Waals surface area contributed by atoms with Gasteiger partial charge in [0.05, 0.1) is 4.90 Å². The summed E-state index contributed by atoms with van der Waals surface area (Å²) in [6, 6.07) is 13.2. The minimum absolute atomic E-state index is 0.415. The summed E-state index contributed by atoms with van der Waals surface area (Å²) in [6.07, 6.45) is 1.10. The van der Waals surface area contributed by atoms with Gasteiger partial charge in [0.15, 0.2) is 0 Å². The number of fused-ring (bicyclic) bond motifs is 1. The average Bonchev–Trinajstić information content (AvgIpc) is 2.45. The van der Waals surface area contributed by atoms with Crippen LogP contribution in [0, 0.1) is 11.8 Å². The topological polar surface area (TPSA) is 37.4 Å². The second-order valence-corrected chi connectivity index (χ2v) is 8.15. The Labute approximate surface area is 126 Å². The first-order valence-electron chi connectivity index (χ1n) is 7.46. The van der Waals surface area contributed by atoms with Gasteiger partial charge in [-0.1, -0.05) is 50.2 Å². The first kappa shape index (κ1) is 14.5. The Balaban J connectivity index is 2.08. The maximum atomic E-state index is 13.0. The second kappa shape index (κ2) is 5.43. The molecule has 2 atom stereocenters. The first-order chi connectivity index (χ1) is 9.98. The number of benzene rings is 2. The molecule has 3 nitrogen and oxygen atoms in total. The monoisotopic (exact) mass is 303 g/mol. The number of sulfonamides is 1. The highest BCUT2D eigenvalue weighted by atomic mass is 32.2. The molecule has 1 aliphatic rings. The Kier molecular flexibility index (Phi) is 3.76. The van der Waals surface area contributed by atoms with Crippen molar-refractivity contribution in [2.24, 2.45) is 11.8 Å². The molecule has 1 heterocycles. The van der Waals surface area contributed by atoms with E-state index < -0.39 is 10.0 Å². The van der Waals surface area contributed by atoms with E-state index in [0.717, 1.165) is 17.2 Å². The van der Waals surface area contributed by atoms with Crippen molar-refractivity contribution in [2.45, 2.75) is 25.2 Å². The molecule has 2 aromatic rings. The van der Waals surface area contributed by atoms with E-state index in [-0.39, 0.29) is 0 Å². The maximum Gasteiger partial charge on any atom is 0.243 e. The molecule has 0 saturated carbocycles. The van der Waals surface area contributed by atoms with Crippen LogP contribution in [-0.2, 0) is 10.0 Å². The largest absolute Gasteiger partial charge is 0.243 e. The van der Waals surface area contributed by atoms with E-state index in [2.05, 4.69) is 13.8 Å². The lowest BCUT2D eigenvalue weighted by molar-refractivity contribution is 0.222. The zero-order valence-electron chi connectivity index (χ0n) is 12.5. The Hall–Kier alpha value is -1.39. The third-order valence-corrected chi connectivity index (χ3v) is 6.09. The van der Waals surface area contributed by atoms with Gasteiger partial charge in [-0.3, -0.25) is 0 Å². The van der Waals surface area contributed by atoms with Crippen molar-refractivity contribution < 1.29 is 8.42 Å². The quantitative estimate of drug-likeness (QED) is 0.851. The fraction of sp³-hybridized carbons (Fsp3) is 0.412. The van der Waals surface area contributed by atoms with E-state index in [4.69, 9.17) is 0 Å². The summed E-state index contributed by atoms with van der Waals surface area (Å²) >= 11 is 0. The molecule has 0 bridgehead atoms. The fourth-order valence-electron chi connectivity index (χ4n) is 3.36. The molecule has 0 N–H and O–H groups in total. The predicted molar refractivity (Wildman–Crippen MR) is 85.7 cm³/mol. The van der Waals surface area contributed by atoms with Gasteiger partial charge >= 0.3 is 0 Å². The number of hydrogen-bond acceptors (Lipinski definition) is 2. The summed E-state index contributed by atoms with van der Waals surface area (Å²) in [6.45, 7) is 5.49. The van der Waals surface area contributed by atoms with Crippen molar-refractivity contribution in [3.8, 4) is 0 Å². The van der Waals surface area contributed by atoms with Crippen LogP contribution >= 0.6 is 0 Å². The molecule has 1 fully saturated rings. The summed E-state index contributed by atoms with van der Waals surface area (Å²) in [7, 11) is -3.42. The lowest BCUT2D eigenvalue weighted by Crippen LogP contribution is -2.42. The molecule has 2 aromatic carbocycles. The van der Waals surface area contributed by atoms with Crippen LogP contribution in [0.2, 0.25) is 0 Å². The third-order valence-electron chi connectivity index (χ3n) is 4.20. The minimum atomic E-state index is -3.42. The molecule has 4 heteroatoms. The van der Waals surface area contributed by atoms with Gasteiger partial charge < -0.3 is 0 Å². The van der Waals surface area contributed by atoms with Crippen LogP contribution in [0.5, 0.6) is 0 Å². The van der Waals surface area contributed by atoms with E-state index in [9.17, 15) is 8.42 Å². The molecule has 1 saturated heterocycles. The van der Waals surface area contributed by atoms with E-state index in [1.54, 1.807) is 10.4 Å². The van der Waals surface area contributed by atoms with Crippen molar-refractivity contribution >= 4 is 20.8 Å². The van der Waals surface area contributed by atoms with Crippen LogP contribution in [0.15, 0.2) is 47.4 Å². The van der Waals surface area contributed by atoms with Crippen molar-refractivity contribution in [3.05, 3.63) is 42.5 Å². The van der Waals surface area contributed by atoms with Gasteiger partial charge in [0.2, 0.25) is 10.0 Å². The number of nitrogens with zero attached hydrogens (tertiary/aromatic N) is 1. The highest BCUT2D eigenvalue weighted by Crippen LogP contribution is 2.30.